The highest BCUT2D eigenvalue weighted by molar-refractivity contribution is 9.10. The SMILES string of the molecule is CNC(Cc1c(C)cccc1C)c1sccc1Br. The molecule has 0 saturated heterocycles. The number of nitrogens with one attached hydrogen (secondary N) is 1. The van der Waals surface area contributed by atoms with Gasteiger partial charge in [-0.3, -0.25) is 0 Å². The standard InChI is InChI=1S/C15H18BrNS/c1-10-5-4-6-11(2)12(10)9-14(17-3)15-13(16)7-8-18-15/h4-8,14,17H,9H2,1-3H3. The third-order valence-electron chi connectivity index (χ3n) is 3.36. The van der Waals surface area contributed by atoms with E-state index in [1.807, 2.05) is 7.05 Å². The van der Waals surface area contributed by atoms with Gasteiger partial charge in [-0.15, -0.1) is 11.3 Å². The van der Waals surface area contributed by atoms with Crippen molar-refractivity contribution in [3.05, 3.63) is 55.7 Å². The van der Waals surface area contributed by atoms with Crippen molar-refractivity contribution in [2.24, 2.45) is 0 Å². The summed E-state index contributed by atoms with van der Waals surface area (Å²) in [5.41, 5.74) is 4.21. The third kappa shape index (κ3) is 2.85. The molecular weight excluding hydrogens is 306 g/mol. The Hall–Kier alpha value is -0.640. The van der Waals surface area contributed by atoms with E-state index in [0.717, 1.165) is 6.42 Å². The second-order valence-corrected chi connectivity index (χ2v) is 6.35. The van der Waals surface area contributed by atoms with Crippen LogP contribution in [0.1, 0.15) is 27.6 Å². The van der Waals surface area contributed by atoms with Gasteiger partial charge in [-0.25, -0.2) is 0 Å². The molecule has 1 unspecified atom stereocenters. The van der Waals surface area contributed by atoms with Crippen LogP contribution in [0.3, 0.4) is 0 Å². The number of likely N-dealkylation sites (N-methyl/N-ethyl adjacent to an activating group) is 1. The first-order valence-corrected chi connectivity index (χ1v) is 7.76. The van der Waals surface area contributed by atoms with Gasteiger partial charge in [-0.2, -0.15) is 0 Å². The van der Waals surface area contributed by atoms with E-state index < -0.39 is 0 Å². The van der Waals surface area contributed by atoms with E-state index in [1.54, 1.807) is 11.3 Å². The minimum Gasteiger partial charge on any atom is -0.312 e. The smallest absolute Gasteiger partial charge is 0.0464 e. The summed E-state index contributed by atoms with van der Waals surface area (Å²) < 4.78 is 1.21. The predicted molar refractivity (Wildman–Crippen MR) is 83.4 cm³/mol. The summed E-state index contributed by atoms with van der Waals surface area (Å²) in [4.78, 5) is 1.38. The molecule has 0 aliphatic rings. The molecule has 1 aromatic carbocycles. The molecule has 0 radical (unpaired) electrons. The highest BCUT2D eigenvalue weighted by Gasteiger charge is 2.16. The molecule has 1 heterocycles. The molecule has 0 bridgehead atoms. The van der Waals surface area contributed by atoms with Crippen molar-refractivity contribution >= 4 is 27.3 Å². The number of hydrogen-bond acceptors (Lipinski definition) is 2. The van der Waals surface area contributed by atoms with Crippen molar-refractivity contribution in [1.29, 1.82) is 0 Å². The summed E-state index contributed by atoms with van der Waals surface area (Å²) in [6, 6.07) is 9.01. The fourth-order valence-electron chi connectivity index (χ4n) is 2.25. The van der Waals surface area contributed by atoms with E-state index in [1.165, 1.54) is 26.0 Å². The first-order valence-electron chi connectivity index (χ1n) is 6.08. The molecule has 0 amide bonds. The van der Waals surface area contributed by atoms with Crippen molar-refractivity contribution < 1.29 is 0 Å². The van der Waals surface area contributed by atoms with Gasteiger partial charge in [0.1, 0.15) is 0 Å². The van der Waals surface area contributed by atoms with E-state index in [0.29, 0.717) is 6.04 Å². The van der Waals surface area contributed by atoms with Gasteiger partial charge >= 0.3 is 0 Å². The summed E-state index contributed by atoms with van der Waals surface area (Å²) in [6.07, 6.45) is 1.04. The van der Waals surface area contributed by atoms with E-state index in [-0.39, 0.29) is 0 Å². The molecule has 18 heavy (non-hydrogen) atoms. The summed E-state index contributed by atoms with van der Waals surface area (Å²) in [7, 11) is 2.03. The number of rotatable bonds is 4. The highest BCUT2D eigenvalue weighted by Crippen LogP contribution is 2.32. The van der Waals surface area contributed by atoms with Gasteiger partial charge in [-0.1, -0.05) is 18.2 Å². The van der Waals surface area contributed by atoms with Crippen LogP contribution < -0.4 is 5.32 Å². The minimum atomic E-state index is 0.374. The van der Waals surface area contributed by atoms with Crippen LogP contribution in [0.5, 0.6) is 0 Å². The zero-order valence-electron chi connectivity index (χ0n) is 11.0. The molecule has 0 fully saturated rings. The molecule has 1 atom stereocenters. The van der Waals surface area contributed by atoms with Crippen LogP contribution in [-0.2, 0) is 6.42 Å². The Morgan fingerprint density at radius 3 is 2.39 bits per heavy atom. The summed E-state index contributed by atoms with van der Waals surface area (Å²) in [5.74, 6) is 0. The fourth-order valence-corrected chi connectivity index (χ4v) is 4.02. The van der Waals surface area contributed by atoms with Gasteiger partial charge in [0, 0.05) is 15.4 Å². The lowest BCUT2D eigenvalue weighted by Gasteiger charge is -2.18. The van der Waals surface area contributed by atoms with Crippen LogP contribution in [0.25, 0.3) is 0 Å². The number of hydrogen-bond donors (Lipinski definition) is 1. The minimum absolute atomic E-state index is 0.374. The Balaban J connectivity index is 2.29. The van der Waals surface area contributed by atoms with Gasteiger partial charge < -0.3 is 5.32 Å². The lowest BCUT2D eigenvalue weighted by molar-refractivity contribution is 0.597. The molecule has 0 spiro atoms. The molecule has 2 rings (SSSR count). The molecule has 2 aromatic rings. The number of thiophene rings is 1. The number of halogens is 1. The van der Waals surface area contributed by atoms with E-state index in [4.69, 9.17) is 0 Å². The molecule has 3 heteroatoms. The zero-order chi connectivity index (χ0) is 13.1. The van der Waals surface area contributed by atoms with Crippen molar-refractivity contribution in [2.75, 3.05) is 7.05 Å². The lowest BCUT2D eigenvalue weighted by Crippen LogP contribution is -2.19. The van der Waals surface area contributed by atoms with Crippen LogP contribution in [0.15, 0.2) is 34.1 Å². The van der Waals surface area contributed by atoms with Crippen LogP contribution in [-0.4, -0.2) is 7.05 Å². The molecule has 1 nitrogen and oxygen atoms in total. The monoisotopic (exact) mass is 323 g/mol. The Labute approximate surface area is 121 Å². The fraction of sp³-hybridized carbons (Fsp3) is 0.333. The summed E-state index contributed by atoms with van der Waals surface area (Å²) in [6.45, 7) is 4.39. The summed E-state index contributed by atoms with van der Waals surface area (Å²) >= 11 is 5.43. The molecule has 0 aliphatic carbocycles. The topological polar surface area (TPSA) is 12.0 Å². The van der Waals surface area contributed by atoms with Crippen LogP contribution in [0.4, 0.5) is 0 Å². The molecule has 0 saturated carbocycles. The maximum absolute atomic E-state index is 3.63. The van der Waals surface area contributed by atoms with Crippen LogP contribution >= 0.6 is 27.3 Å². The highest BCUT2D eigenvalue weighted by atomic mass is 79.9. The van der Waals surface area contributed by atoms with E-state index in [2.05, 4.69) is 64.7 Å². The maximum atomic E-state index is 3.63. The predicted octanol–water partition coefficient (Wildman–Crippen LogP) is 4.63. The van der Waals surface area contributed by atoms with Gasteiger partial charge in [0.2, 0.25) is 0 Å². The number of benzene rings is 1. The van der Waals surface area contributed by atoms with Crippen LogP contribution in [0, 0.1) is 13.8 Å². The van der Waals surface area contributed by atoms with E-state index in [9.17, 15) is 0 Å². The molecule has 0 aliphatic heterocycles. The molecule has 1 aromatic heterocycles. The van der Waals surface area contributed by atoms with E-state index >= 15 is 0 Å². The van der Waals surface area contributed by atoms with Crippen molar-refractivity contribution in [1.82, 2.24) is 5.32 Å². The third-order valence-corrected chi connectivity index (χ3v) is 5.35. The van der Waals surface area contributed by atoms with Crippen molar-refractivity contribution in [2.45, 2.75) is 26.3 Å². The Bertz CT molecular complexity index is 513. The first-order chi connectivity index (χ1) is 8.63. The Morgan fingerprint density at radius 1 is 1.22 bits per heavy atom. The van der Waals surface area contributed by atoms with Gasteiger partial charge in [0.05, 0.1) is 0 Å². The maximum Gasteiger partial charge on any atom is 0.0464 e. The second kappa shape index (κ2) is 6.00. The quantitative estimate of drug-likeness (QED) is 0.864. The average Bonchev–Trinajstić information content (AvgIpc) is 2.76. The lowest BCUT2D eigenvalue weighted by atomic mass is 9.96. The first kappa shape index (κ1) is 13.8. The average molecular weight is 324 g/mol. The van der Waals surface area contributed by atoms with Gasteiger partial charge in [0.25, 0.3) is 0 Å². The molecule has 1 N–H and O–H groups in total. The largest absolute Gasteiger partial charge is 0.312 e. The Kier molecular flexibility index (Phi) is 4.60. The van der Waals surface area contributed by atoms with Crippen molar-refractivity contribution in [3.8, 4) is 0 Å². The molecule has 96 valence electrons. The Morgan fingerprint density at radius 2 is 1.89 bits per heavy atom. The van der Waals surface area contributed by atoms with Crippen LogP contribution in [0.2, 0.25) is 0 Å². The second-order valence-electron chi connectivity index (χ2n) is 4.55. The van der Waals surface area contributed by atoms with Gasteiger partial charge in [-0.05, 0) is 71.4 Å². The summed E-state index contributed by atoms with van der Waals surface area (Å²) in [5, 5.41) is 5.56. The van der Waals surface area contributed by atoms with Gasteiger partial charge in [0.15, 0.2) is 0 Å². The number of aryl methyl sites for hydroxylation is 2. The van der Waals surface area contributed by atoms with Crippen molar-refractivity contribution in [3.63, 3.8) is 0 Å². The molecular formula is C15H18BrNS. The normalized spacial score (nSPS) is 12.7. The zero-order valence-corrected chi connectivity index (χ0v) is 13.4.